The van der Waals surface area contributed by atoms with Gasteiger partial charge in [-0.15, -0.1) is 0 Å². The molecule has 2 heterocycles. The maximum Gasteiger partial charge on any atom is 0.258 e. The van der Waals surface area contributed by atoms with E-state index in [-0.39, 0.29) is 28.9 Å². The molecule has 0 spiro atoms. The van der Waals surface area contributed by atoms with Crippen LogP contribution in [0.15, 0.2) is 30.3 Å². The van der Waals surface area contributed by atoms with E-state index < -0.39 is 0 Å². The number of hydrogen-bond acceptors (Lipinski definition) is 5. The number of piperazine rings is 1. The molecule has 2 aromatic carbocycles. The molecular formula is C24H31N3O3. The van der Waals surface area contributed by atoms with Crippen molar-refractivity contribution in [2.45, 2.75) is 52.4 Å². The van der Waals surface area contributed by atoms with E-state index in [0.29, 0.717) is 24.7 Å². The number of phenols is 2. The molecule has 6 heteroatoms. The molecule has 1 atom stereocenters. The van der Waals surface area contributed by atoms with Crippen molar-refractivity contribution >= 4 is 5.91 Å². The van der Waals surface area contributed by atoms with Gasteiger partial charge >= 0.3 is 0 Å². The summed E-state index contributed by atoms with van der Waals surface area (Å²) in [6, 6.07) is 9.91. The second-order valence-corrected chi connectivity index (χ2v) is 8.94. The first-order valence-corrected chi connectivity index (χ1v) is 10.7. The molecule has 0 bridgehead atoms. The van der Waals surface area contributed by atoms with Crippen molar-refractivity contribution in [1.29, 1.82) is 0 Å². The third-order valence-electron chi connectivity index (χ3n) is 6.14. The summed E-state index contributed by atoms with van der Waals surface area (Å²) in [5.74, 6) is -0.298. The van der Waals surface area contributed by atoms with Crippen LogP contribution in [0.4, 0.5) is 0 Å². The molecule has 2 aliphatic rings. The highest BCUT2D eigenvalue weighted by Gasteiger charge is 2.27. The lowest BCUT2D eigenvalue weighted by molar-refractivity contribution is 0.0748. The van der Waals surface area contributed by atoms with Gasteiger partial charge in [-0.2, -0.15) is 0 Å². The van der Waals surface area contributed by atoms with Crippen LogP contribution >= 0.6 is 0 Å². The Morgan fingerprint density at radius 3 is 2.63 bits per heavy atom. The van der Waals surface area contributed by atoms with E-state index in [2.05, 4.69) is 35.3 Å². The Hall–Kier alpha value is -2.57. The molecule has 30 heavy (non-hydrogen) atoms. The monoisotopic (exact) mass is 409 g/mol. The second kappa shape index (κ2) is 8.28. The Bertz CT molecular complexity index is 957. The van der Waals surface area contributed by atoms with Crippen molar-refractivity contribution in [2.75, 3.05) is 19.6 Å². The van der Waals surface area contributed by atoms with Crippen LogP contribution in [-0.2, 0) is 19.6 Å². The van der Waals surface area contributed by atoms with Crippen molar-refractivity contribution in [3.05, 3.63) is 58.1 Å². The average Bonchev–Trinajstić information content (AvgIpc) is 3.11. The van der Waals surface area contributed by atoms with Crippen LogP contribution in [0.25, 0.3) is 0 Å². The van der Waals surface area contributed by atoms with Gasteiger partial charge < -0.3 is 20.4 Å². The molecule has 1 amide bonds. The Balaban J connectivity index is 1.49. The fourth-order valence-corrected chi connectivity index (χ4v) is 4.50. The fourth-order valence-electron chi connectivity index (χ4n) is 4.50. The number of carbonyl (C=O) groups is 1. The molecule has 0 aliphatic carbocycles. The van der Waals surface area contributed by atoms with E-state index in [0.717, 1.165) is 31.7 Å². The van der Waals surface area contributed by atoms with Crippen molar-refractivity contribution in [1.82, 2.24) is 15.1 Å². The van der Waals surface area contributed by atoms with Crippen LogP contribution in [-0.4, -0.2) is 51.6 Å². The average molecular weight is 410 g/mol. The van der Waals surface area contributed by atoms with Crippen molar-refractivity contribution < 1.29 is 15.0 Å². The molecule has 6 nitrogen and oxygen atoms in total. The quantitative estimate of drug-likeness (QED) is 0.723. The Morgan fingerprint density at radius 1 is 1.13 bits per heavy atom. The first-order chi connectivity index (χ1) is 14.3. The first kappa shape index (κ1) is 20.7. The summed E-state index contributed by atoms with van der Waals surface area (Å²) in [6.45, 7) is 11.2. The molecule has 3 N–H and O–H groups in total. The summed E-state index contributed by atoms with van der Waals surface area (Å²) in [5, 5.41) is 23.8. The molecule has 160 valence electrons. The van der Waals surface area contributed by atoms with Gasteiger partial charge in [0.15, 0.2) is 0 Å². The molecule has 2 aromatic rings. The van der Waals surface area contributed by atoms with Crippen LogP contribution in [0.1, 0.15) is 59.3 Å². The van der Waals surface area contributed by atoms with Gasteiger partial charge in [-0.05, 0) is 41.2 Å². The van der Waals surface area contributed by atoms with Gasteiger partial charge in [0.2, 0.25) is 0 Å². The van der Waals surface area contributed by atoms with Gasteiger partial charge in [0.25, 0.3) is 5.91 Å². The Kier molecular flexibility index (Phi) is 5.71. The van der Waals surface area contributed by atoms with Crippen molar-refractivity contribution in [2.24, 2.45) is 0 Å². The highest BCUT2D eigenvalue weighted by molar-refractivity contribution is 5.97. The first-order valence-electron chi connectivity index (χ1n) is 10.7. The number of rotatable bonds is 4. The number of hydrogen-bond donors (Lipinski definition) is 3. The molecule has 4 rings (SSSR count). The van der Waals surface area contributed by atoms with E-state index in [9.17, 15) is 15.0 Å². The predicted molar refractivity (Wildman–Crippen MR) is 117 cm³/mol. The fraction of sp³-hybridized carbons (Fsp3) is 0.458. The number of amides is 1. The van der Waals surface area contributed by atoms with Crippen molar-refractivity contribution in [3.63, 3.8) is 0 Å². The van der Waals surface area contributed by atoms with Crippen molar-refractivity contribution in [3.8, 4) is 11.5 Å². The van der Waals surface area contributed by atoms with Gasteiger partial charge in [0.1, 0.15) is 11.5 Å². The summed E-state index contributed by atoms with van der Waals surface area (Å²) >= 11 is 0. The molecule has 0 aromatic heterocycles. The minimum Gasteiger partial charge on any atom is -0.508 e. The largest absolute Gasteiger partial charge is 0.508 e. The van der Waals surface area contributed by atoms with Gasteiger partial charge in [-0.1, -0.05) is 32.0 Å². The van der Waals surface area contributed by atoms with Crippen LogP contribution < -0.4 is 5.32 Å². The third kappa shape index (κ3) is 4.16. The topological polar surface area (TPSA) is 76.0 Å². The zero-order valence-electron chi connectivity index (χ0n) is 18.0. The van der Waals surface area contributed by atoms with E-state index in [1.165, 1.54) is 17.2 Å². The number of benzene rings is 2. The number of nitrogens with one attached hydrogen (secondary N) is 1. The van der Waals surface area contributed by atoms with E-state index in [1.807, 2.05) is 13.8 Å². The molecule has 1 fully saturated rings. The second-order valence-electron chi connectivity index (χ2n) is 8.94. The summed E-state index contributed by atoms with van der Waals surface area (Å²) in [4.78, 5) is 17.4. The predicted octanol–water partition coefficient (Wildman–Crippen LogP) is 3.17. The van der Waals surface area contributed by atoms with Crippen LogP contribution in [0.3, 0.4) is 0 Å². The summed E-state index contributed by atoms with van der Waals surface area (Å²) in [7, 11) is 0. The van der Waals surface area contributed by atoms with E-state index in [4.69, 9.17) is 0 Å². The summed E-state index contributed by atoms with van der Waals surface area (Å²) in [5.41, 5.74) is 4.51. The lowest BCUT2D eigenvalue weighted by atomic mass is 9.98. The number of aromatic hydroxyl groups is 2. The smallest absolute Gasteiger partial charge is 0.258 e. The van der Waals surface area contributed by atoms with Crippen LogP contribution in [0.2, 0.25) is 0 Å². The van der Waals surface area contributed by atoms with Crippen LogP contribution in [0, 0.1) is 0 Å². The highest BCUT2D eigenvalue weighted by atomic mass is 16.3. The molecule has 1 saturated heterocycles. The SMILES string of the molecule is CC(C)c1cc(C(=O)N2Cc3ccc(CN4CCN[C@@H](C)C4)cc3C2)c(O)cc1O. The normalized spacial score (nSPS) is 19.3. The Labute approximate surface area is 178 Å². The number of carbonyl (C=O) groups excluding carboxylic acids is 1. The van der Waals surface area contributed by atoms with Crippen LogP contribution in [0.5, 0.6) is 11.5 Å². The van der Waals surface area contributed by atoms with Gasteiger partial charge in [0, 0.05) is 51.4 Å². The maximum atomic E-state index is 13.1. The lowest BCUT2D eigenvalue weighted by Gasteiger charge is -2.31. The number of nitrogens with zero attached hydrogens (tertiary/aromatic N) is 2. The molecule has 0 saturated carbocycles. The summed E-state index contributed by atoms with van der Waals surface area (Å²) in [6.07, 6.45) is 0. The van der Waals surface area contributed by atoms with Gasteiger partial charge in [-0.25, -0.2) is 0 Å². The van der Waals surface area contributed by atoms with Gasteiger partial charge in [0.05, 0.1) is 5.56 Å². The highest BCUT2D eigenvalue weighted by Crippen LogP contribution is 2.34. The van der Waals surface area contributed by atoms with E-state index >= 15 is 0 Å². The van der Waals surface area contributed by atoms with Gasteiger partial charge in [-0.3, -0.25) is 9.69 Å². The zero-order valence-corrected chi connectivity index (χ0v) is 18.0. The molecular weight excluding hydrogens is 378 g/mol. The Morgan fingerprint density at radius 2 is 1.90 bits per heavy atom. The van der Waals surface area contributed by atoms with E-state index in [1.54, 1.807) is 11.0 Å². The lowest BCUT2D eigenvalue weighted by Crippen LogP contribution is -2.48. The zero-order chi connectivity index (χ0) is 21.4. The molecule has 0 unspecified atom stereocenters. The number of fused-ring (bicyclic) bond motifs is 1. The maximum absolute atomic E-state index is 13.1. The molecule has 0 radical (unpaired) electrons. The molecule has 2 aliphatic heterocycles. The number of phenolic OH excluding ortho intramolecular Hbond substituents is 2. The third-order valence-corrected chi connectivity index (χ3v) is 6.14. The minimum absolute atomic E-state index is 0.0237. The summed E-state index contributed by atoms with van der Waals surface area (Å²) < 4.78 is 0. The minimum atomic E-state index is -0.205. The standard InChI is InChI=1S/C24H31N3O3/c1-15(2)20-9-21(23(29)10-22(20)28)24(30)27-13-18-5-4-17(8-19(18)14-27)12-26-7-6-25-16(3)11-26/h4-5,8-10,15-16,25,28-29H,6-7,11-14H2,1-3H3/t16-/m0/s1.